The quantitative estimate of drug-likeness (QED) is 0.528. The van der Waals surface area contributed by atoms with Crippen LogP contribution in [0.25, 0.3) is 11.0 Å². The molecule has 30 heavy (non-hydrogen) atoms. The molecule has 5 rings (SSSR count). The molecule has 2 aliphatic heterocycles. The summed E-state index contributed by atoms with van der Waals surface area (Å²) >= 11 is 0. The Morgan fingerprint density at radius 2 is 1.90 bits per heavy atom. The topological polar surface area (TPSA) is 123 Å². The number of aromatic nitrogens is 3. The third kappa shape index (κ3) is 3.21. The number of β-amino-alcohol motifs (C(OH)–C–C–N with tert-alkyl or cyclic N) is 2. The van der Waals surface area contributed by atoms with Crippen LogP contribution in [0.4, 0.5) is 0 Å². The zero-order chi connectivity index (χ0) is 20.9. The summed E-state index contributed by atoms with van der Waals surface area (Å²) in [7, 11) is -3.76. The second kappa shape index (κ2) is 7.10. The van der Waals surface area contributed by atoms with E-state index in [2.05, 4.69) is 15.2 Å². The summed E-state index contributed by atoms with van der Waals surface area (Å²) in [5.74, 6) is 0.227. The maximum Gasteiger partial charge on any atom is 0.243 e. The molecule has 2 fully saturated rings. The second-order valence-electron chi connectivity index (χ2n) is 8.13. The van der Waals surface area contributed by atoms with Crippen molar-refractivity contribution in [3.8, 4) is 0 Å². The number of hydrogen-bond acceptors (Lipinski definition) is 7. The number of fused-ring (bicyclic) bond motifs is 1. The first-order chi connectivity index (χ1) is 14.4. The zero-order valence-corrected chi connectivity index (χ0v) is 17.0. The van der Waals surface area contributed by atoms with Crippen molar-refractivity contribution in [2.75, 3.05) is 32.7 Å². The van der Waals surface area contributed by atoms with Crippen LogP contribution in [-0.2, 0) is 10.0 Å². The molecule has 3 aromatic rings. The van der Waals surface area contributed by atoms with Crippen molar-refractivity contribution in [2.24, 2.45) is 0 Å². The molecule has 0 radical (unpaired) electrons. The van der Waals surface area contributed by atoms with Gasteiger partial charge in [0.15, 0.2) is 5.65 Å². The number of pyridine rings is 1. The Kier molecular flexibility index (Phi) is 4.64. The molecule has 2 aromatic heterocycles. The molecule has 0 saturated carbocycles. The van der Waals surface area contributed by atoms with Crippen molar-refractivity contribution in [2.45, 2.75) is 22.5 Å². The third-order valence-corrected chi connectivity index (χ3v) is 7.88. The van der Waals surface area contributed by atoms with Crippen LogP contribution in [-0.4, -0.2) is 87.4 Å². The molecule has 0 unspecified atom stereocenters. The first-order valence-electron chi connectivity index (χ1n) is 9.84. The predicted octanol–water partition coefficient (Wildman–Crippen LogP) is 0.154. The van der Waals surface area contributed by atoms with E-state index in [1.54, 1.807) is 24.4 Å². The summed E-state index contributed by atoms with van der Waals surface area (Å²) in [5.41, 5.74) is 0.184. The third-order valence-electron chi connectivity index (χ3n) is 6.05. The molecular formula is C20H23N5O4S. The maximum absolute atomic E-state index is 12.8. The van der Waals surface area contributed by atoms with Gasteiger partial charge in [0.25, 0.3) is 0 Å². The van der Waals surface area contributed by atoms with Gasteiger partial charge in [-0.2, -0.15) is 9.40 Å². The van der Waals surface area contributed by atoms with E-state index in [0.717, 1.165) is 11.1 Å². The molecule has 3 N–H and O–H groups in total. The van der Waals surface area contributed by atoms with Crippen molar-refractivity contribution in [3.63, 3.8) is 0 Å². The van der Waals surface area contributed by atoms with Gasteiger partial charge >= 0.3 is 0 Å². The molecule has 10 heteroatoms. The summed E-state index contributed by atoms with van der Waals surface area (Å²) in [6.45, 7) is 1.32. The van der Waals surface area contributed by atoms with Crippen LogP contribution < -0.4 is 0 Å². The number of hydrogen-bond donors (Lipinski definition) is 3. The number of nitrogens with zero attached hydrogens (tertiary/aromatic N) is 4. The highest BCUT2D eigenvalue weighted by atomic mass is 32.2. The summed E-state index contributed by atoms with van der Waals surface area (Å²) in [6.07, 6.45) is 0.555. The number of aromatic amines is 1. The minimum absolute atomic E-state index is 0.123. The monoisotopic (exact) mass is 429 g/mol. The van der Waals surface area contributed by atoms with Gasteiger partial charge in [-0.15, -0.1) is 0 Å². The molecule has 0 amide bonds. The fourth-order valence-corrected chi connectivity index (χ4v) is 5.90. The summed E-state index contributed by atoms with van der Waals surface area (Å²) in [5, 5.41) is 29.8. The first-order valence-corrected chi connectivity index (χ1v) is 11.3. The standard InChI is InChI=1S/C20H23N5O4S/c26-17-11-25(30(28,29)15-5-2-1-3-6-15)13-20(17,27)12-24-9-14(10-24)18-16-7-4-8-21-19(16)23-22-18/h1-8,14,17,26-27H,9-13H2,(H,21,22,23)/t17-,20+/m1/s1. The number of sulfonamides is 1. The molecule has 0 aliphatic carbocycles. The number of benzene rings is 1. The van der Waals surface area contributed by atoms with E-state index in [1.807, 2.05) is 17.0 Å². The fourth-order valence-electron chi connectivity index (χ4n) is 4.37. The Bertz CT molecular complexity index is 1160. The number of H-pyrrole nitrogens is 1. The molecule has 0 bridgehead atoms. The number of rotatable bonds is 5. The van der Waals surface area contributed by atoms with Gasteiger partial charge in [-0.3, -0.25) is 10.00 Å². The molecule has 2 aliphatic rings. The van der Waals surface area contributed by atoms with Gasteiger partial charge in [0.1, 0.15) is 5.60 Å². The molecular weight excluding hydrogens is 406 g/mol. The lowest BCUT2D eigenvalue weighted by atomic mass is 9.91. The smallest absolute Gasteiger partial charge is 0.243 e. The lowest BCUT2D eigenvalue weighted by Crippen LogP contribution is -2.57. The molecule has 0 spiro atoms. The Morgan fingerprint density at radius 1 is 1.13 bits per heavy atom. The van der Waals surface area contributed by atoms with Gasteiger partial charge in [0, 0.05) is 50.2 Å². The van der Waals surface area contributed by atoms with E-state index in [1.165, 1.54) is 16.4 Å². The van der Waals surface area contributed by atoms with Crippen LogP contribution in [0, 0.1) is 0 Å². The molecule has 158 valence electrons. The number of aliphatic hydroxyl groups excluding tert-OH is 1. The molecule has 2 saturated heterocycles. The Hall–Kier alpha value is -2.37. The van der Waals surface area contributed by atoms with Crippen LogP contribution in [0.5, 0.6) is 0 Å². The zero-order valence-electron chi connectivity index (χ0n) is 16.2. The normalized spacial score (nSPS) is 26.3. The van der Waals surface area contributed by atoms with E-state index < -0.39 is 21.7 Å². The number of aliphatic hydroxyl groups is 2. The minimum atomic E-state index is -3.76. The van der Waals surface area contributed by atoms with Crippen molar-refractivity contribution in [1.29, 1.82) is 0 Å². The van der Waals surface area contributed by atoms with Crippen LogP contribution in [0.2, 0.25) is 0 Å². The average molecular weight is 430 g/mol. The second-order valence-corrected chi connectivity index (χ2v) is 10.1. The maximum atomic E-state index is 12.8. The van der Waals surface area contributed by atoms with E-state index in [-0.39, 0.29) is 30.4 Å². The van der Waals surface area contributed by atoms with Crippen LogP contribution in [0.15, 0.2) is 53.6 Å². The molecule has 4 heterocycles. The van der Waals surface area contributed by atoms with Gasteiger partial charge in [-0.1, -0.05) is 18.2 Å². The van der Waals surface area contributed by atoms with E-state index >= 15 is 0 Å². The van der Waals surface area contributed by atoms with Crippen LogP contribution >= 0.6 is 0 Å². The highest BCUT2D eigenvalue weighted by molar-refractivity contribution is 7.89. The lowest BCUT2D eigenvalue weighted by molar-refractivity contribution is -0.0735. The minimum Gasteiger partial charge on any atom is -0.389 e. The highest BCUT2D eigenvalue weighted by Crippen LogP contribution is 2.34. The van der Waals surface area contributed by atoms with Crippen molar-refractivity contribution >= 4 is 21.1 Å². The first kappa shape index (κ1) is 19.6. The fraction of sp³-hybridized carbons (Fsp3) is 0.400. The molecule has 1 aromatic carbocycles. The van der Waals surface area contributed by atoms with E-state index in [0.29, 0.717) is 18.7 Å². The van der Waals surface area contributed by atoms with Crippen molar-refractivity contribution in [1.82, 2.24) is 24.4 Å². The van der Waals surface area contributed by atoms with Crippen molar-refractivity contribution in [3.05, 3.63) is 54.4 Å². The van der Waals surface area contributed by atoms with Crippen molar-refractivity contribution < 1.29 is 18.6 Å². The molecule has 2 atom stereocenters. The summed E-state index contributed by atoms with van der Waals surface area (Å²) in [6, 6.07) is 11.9. The highest BCUT2D eigenvalue weighted by Gasteiger charge is 2.50. The van der Waals surface area contributed by atoms with E-state index in [9.17, 15) is 18.6 Å². The van der Waals surface area contributed by atoms with Gasteiger partial charge in [0.2, 0.25) is 10.0 Å². The van der Waals surface area contributed by atoms with Gasteiger partial charge in [0.05, 0.1) is 16.7 Å². The van der Waals surface area contributed by atoms with E-state index in [4.69, 9.17) is 0 Å². The number of nitrogens with one attached hydrogen (secondary N) is 1. The lowest BCUT2D eigenvalue weighted by Gasteiger charge is -2.43. The Labute approximate surface area is 174 Å². The summed E-state index contributed by atoms with van der Waals surface area (Å²) in [4.78, 5) is 6.41. The van der Waals surface area contributed by atoms with Gasteiger partial charge in [-0.05, 0) is 24.3 Å². The predicted molar refractivity (Wildman–Crippen MR) is 109 cm³/mol. The SMILES string of the molecule is O=S(=O)(c1ccccc1)N1C[C@@H](O)[C@](O)(CN2CC(c3[nH]nc4ncccc34)C2)C1. The number of likely N-dealkylation sites (tertiary alicyclic amines) is 1. The largest absolute Gasteiger partial charge is 0.389 e. The van der Waals surface area contributed by atoms with Gasteiger partial charge in [-0.25, -0.2) is 13.4 Å². The van der Waals surface area contributed by atoms with Crippen LogP contribution in [0.1, 0.15) is 11.6 Å². The average Bonchev–Trinajstić information content (AvgIpc) is 3.27. The Balaban J connectivity index is 1.26. The summed E-state index contributed by atoms with van der Waals surface area (Å²) < 4.78 is 26.8. The van der Waals surface area contributed by atoms with Crippen LogP contribution in [0.3, 0.4) is 0 Å². The Morgan fingerprint density at radius 3 is 2.67 bits per heavy atom. The van der Waals surface area contributed by atoms with Gasteiger partial charge < -0.3 is 10.2 Å². The molecule has 9 nitrogen and oxygen atoms in total.